The average Bonchev–Trinajstić information content (AvgIpc) is 2.99. The topological polar surface area (TPSA) is 38.7 Å². The van der Waals surface area contributed by atoms with Crippen LogP contribution < -0.4 is 0 Å². The third-order valence-corrected chi connectivity index (χ3v) is 5.80. The molecule has 0 saturated carbocycles. The molecule has 0 aliphatic carbocycles. The molecule has 0 aliphatic heterocycles. The summed E-state index contributed by atoms with van der Waals surface area (Å²) in [5, 5.41) is 0. The van der Waals surface area contributed by atoms with Crippen molar-refractivity contribution < 1.29 is 20.1 Å². The SMILES string of the molecule is Cc1ccnc(-c2[c-]ccc(-c3ccccc3)c2)n1.[Ir].[c-]1ccccc1-c1ccc(-c2ccccc2)cn1. The maximum atomic E-state index is 4.49. The quantitative estimate of drug-likeness (QED) is 0.178. The molecule has 0 unspecified atom stereocenters. The summed E-state index contributed by atoms with van der Waals surface area (Å²) in [5.74, 6) is 0.720. The molecule has 2 heterocycles. The minimum Gasteiger partial charge on any atom is -0.304 e. The van der Waals surface area contributed by atoms with Gasteiger partial charge in [0, 0.05) is 38.2 Å². The summed E-state index contributed by atoms with van der Waals surface area (Å²) in [6.45, 7) is 1.96. The molecular weight excluding hydrogens is 643 g/mol. The second kappa shape index (κ2) is 13.3. The van der Waals surface area contributed by atoms with Gasteiger partial charge in [-0.2, -0.15) is 0 Å². The Morgan fingerprint density at radius 1 is 0.553 bits per heavy atom. The third-order valence-electron chi connectivity index (χ3n) is 5.80. The molecule has 6 rings (SSSR count). The second-order valence-electron chi connectivity index (χ2n) is 8.45. The summed E-state index contributed by atoms with van der Waals surface area (Å²) >= 11 is 0. The van der Waals surface area contributed by atoms with E-state index in [1.807, 2.05) is 92.0 Å². The van der Waals surface area contributed by atoms with Gasteiger partial charge in [-0.25, -0.2) is 0 Å². The molecule has 0 fully saturated rings. The summed E-state index contributed by atoms with van der Waals surface area (Å²) in [7, 11) is 0. The molecule has 0 saturated heterocycles. The number of hydrogen-bond donors (Lipinski definition) is 0. The zero-order chi connectivity index (χ0) is 25.3. The molecule has 187 valence electrons. The van der Waals surface area contributed by atoms with Crippen molar-refractivity contribution in [2.24, 2.45) is 0 Å². The molecule has 0 amide bonds. The van der Waals surface area contributed by atoms with Gasteiger partial charge < -0.3 is 4.98 Å². The molecule has 0 N–H and O–H groups in total. The van der Waals surface area contributed by atoms with Crippen molar-refractivity contribution in [2.75, 3.05) is 0 Å². The Balaban J connectivity index is 0.000000173. The Morgan fingerprint density at radius 2 is 1.24 bits per heavy atom. The zero-order valence-electron chi connectivity index (χ0n) is 20.9. The Morgan fingerprint density at radius 3 is 1.87 bits per heavy atom. The van der Waals surface area contributed by atoms with E-state index in [9.17, 15) is 0 Å². The van der Waals surface area contributed by atoms with E-state index in [-0.39, 0.29) is 20.1 Å². The number of rotatable bonds is 4. The van der Waals surface area contributed by atoms with Crippen LogP contribution in [-0.4, -0.2) is 15.0 Å². The molecule has 1 radical (unpaired) electrons. The number of aryl methyl sites for hydroxylation is 1. The van der Waals surface area contributed by atoms with Crippen LogP contribution >= 0.6 is 0 Å². The number of hydrogen-bond acceptors (Lipinski definition) is 3. The van der Waals surface area contributed by atoms with E-state index < -0.39 is 0 Å². The van der Waals surface area contributed by atoms with E-state index in [0.717, 1.165) is 39.5 Å². The van der Waals surface area contributed by atoms with Gasteiger partial charge in [-0.15, -0.1) is 71.3 Å². The van der Waals surface area contributed by atoms with Crippen molar-refractivity contribution in [1.29, 1.82) is 0 Å². The largest absolute Gasteiger partial charge is 0.304 e. The molecule has 0 aliphatic rings. The van der Waals surface area contributed by atoms with Crippen LogP contribution in [0, 0.1) is 19.1 Å². The Labute approximate surface area is 237 Å². The van der Waals surface area contributed by atoms with Gasteiger partial charge in [-0.1, -0.05) is 72.8 Å². The average molecular weight is 668 g/mol. The van der Waals surface area contributed by atoms with Crippen molar-refractivity contribution in [3.05, 3.63) is 152 Å². The van der Waals surface area contributed by atoms with E-state index in [1.54, 1.807) is 6.20 Å². The van der Waals surface area contributed by atoms with Crippen molar-refractivity contribution >= 4 is 0 Å². The number of benzene rings is 4. The third kappa shape index (κ3) is 6.95. The Hall–Kier alpha value is -4.24. The number of aromatic nitrogens is 3. The molecule has 2 aromatic heterocycles. The summed E-state index contributed by atoms with van der Waals surface area (Å²) in [4.78, 5) is 13.2. The van der Waals surface area contributed by atoms with Crippen LogP contribution in [0.15, 0.2) is 134 Å². The van der Waals surface area contributed by atoms with Gasteiger partial charge in [0.25, 0.3) is 0 Å². The molecule has 3 nitrogen and oxygen atoms in total. The minimum absolute atomic E-state index is 0. The molecule has 4 heteroatoms. The fraction of sp³-hybridized carbons (Fsp3) is 0.0294. The van der Waals surface area contributed by atoms with Gasteiger partial charge in [0.2, 0.25) is 0 Å². The predicted octanol–water partition coefficient (Wildman–Crippen LogP) is 8.13. The van der Waals surface area contributed by atoms with Crippen molar-refractivity contribution in [3.63, 3.8) is 0 Å². The van der Waals surface area contributed by atoms with Gasteiger partial charge in [0.15, 0.2) is 0 Å². The van der Waals surface area contributed by atoms with Crippen molar-refractivity contribution in [3.8, 4) is 44.9 Å². The van der Waals surface area contributed by atoms with Crippen LogP contribution in [0.5, 0.6) is 0 Å². The summed E-state index contributed by atoms with van der Waals surface area (Å²) < 4.78 is 0. The molecule has 6 aromatic rings. The van der Waals surface area contributed by atoms with E-state index in [1.165, 1.54) is 11.1 Å². The van der Waals surface area contributed by atoms with Crippen LogP contribution in [-0.2, 0) is 20.1 Å². The molecular formula is C34H25IrN3-2. The molecule has 0 atom stereocenters. The fourth-order valence-electron chi connectivity index (χ4n) is 3.89. The predicted molar refractivity (Wildman–Crippen MR) is 150 cm³/mol. The first kappa shape index (κ1) is 26.8. The van der Waals surface area contributed by atoms with Gasteiger partial charge in [-0.05, 0) is 35.4 Å². The Bertz CT molecular complexity index is 1490. The number of nitrogens with zero attached hydrogens (tertiary/aromatic N) is 3. The van der Waals surface area contributed by atoms with E-state index in [2.05, 4.69) is 69.5 Å². The van der Waals surface area contributed by atoms with Gasteiger partial charge in [-0.3, -0.25) is 9.97 Å². The number of pyridine rings is 1. The first-order valence-corrected chi connectivity index (χ1v) is 12.1. The zero-order valence-corrected chi connectivity index (χ0v) is 23.3. The van der Waals surface area contributed by atoms with Gasteiger partial charge in [0.1, 0.15) is 0 Å². The maximum Gasteiger partial charge on any atom is 0.0751 e. The fourth-order valence-corrected chi connectivity index (χ4v) is 3.89. The maximum absolute atomic E-state index is 4.49. The van der Waals surface area contributed by atoms with Crippen LogP contribution in [0.2, 0.25) is 0 Å². The minimum atomic E-state index is 0. The van der Waals surface area contributed by atoms with Crippen LogP contribution in [0.1, 0.15) is 5.69 Å². The first-order valence-electron chi connectivity index (χ1n) is 12.1. The molecule has 0 spiro atoms. The van der Waals surface area contributed by atoms with Crippen LogP contribution in [0.4, 0.5) is 0 Å². The van der Waals surface area contributed by atoms with Crippen molar-refractivity contribution in [2.45, 2.75) is 6.92 Å². The monoisotopic (exact) mass is 668 g/mol. The van der Waals surface area contributed by atoms with Crippen molar-refractivity contribution in [1.82, 2.24) is 15.0 Å². The summed E-state index contributed by atoms with van der Waals surface area (Å²) in [6.07, 6.45) is 3.69. The molecule has 4 aromatic carbocycles. The van der Waals surface area contributed by atoms with E-state index in [0.29, 0.717) is 0 Å². The molecule has 38 heavy (non-hydrogen) atoms. The van der Waals surface area contributed by atoms with Crippen LogP contribution in [0.3, 0.4) is 0 Å². The summed E-state index contributed by atoms with van der Waals surface area (Å²) in [6, 6.07) is 46.9. The first-order chi connectivity index (χ1) is 18.3. The standard InChI is InChI=1S/C17H13N2.C17H12N.Ir/c1-13-10-11-18-17(19-13)16-9-5-8-15(12-16)14-6-3-2-4-7-14;1-3-7-14(8-4-1)16-11-12-17(18-13-16)15-9-5-2-6-10-15;/h2-8,10-12H,1H3;1-9,11-13H;/q2*-1;. The van der Waals surface area contributed by atoms with Gasteiger partial charge in [0.05, 0.1) is 5.82 Å². The second-order valence-corrected chi connectivity index (χ2v) is 8.45. The normalized spacial score (nSPS) is 10.0. The van der Waals surface area contributed by atoms with Crippen LogP contribution in [0.25, 0.3) is 44.9 Å². The Kier molecular flexibility index (Phi) is 9.42. The van der Waals surface area contributed by atoms with E-state index in [4.69, 9.17) is 0 Å². The molecule has 0 bridgehead atoms. The smallest absolute Gasteiger partial charge is 0.0751 e. The summed E-state index contributed by atoms with van der Waals surface area (Å²) in [5.41, 5.74) is 8.52. The van der Waals surface area contributed by atoms with E-state index >= 15 is 0 Å². The van der Waals surface area contributed by atoms with Gasteiger partial charge >= 0.3 is 0 Å².